The van der Waals surface area contributed by atoms with E-state index in [0.717, 1.165) is 44.9 Å². The fraction of sp³-hybridized carbons (Fsp3) is 0.711. The average Bonchev–Trinajstić information content (AvgIpc) is 3.00. The number of ether oxygens (including phenoxy) is 2. The van der Waals surface area contributed by atoms with Gasteiger partial charge in [-0.05, 0) is 51.4 Å². The topological polar surface area (TPSA) is 94.1 Å². The number of likely N-dealkylation sites (N-methyl/N-ethyl adjacent to an activating group) is 1. The highest BCUT2D eigenvalue weighted by Gasteiger charge is 2.19. The van der Waals surface area contributed by atoms with Crippen LogP contribution in [0.25, 0.3) is 0 Å². The van der Waals surface area contributed by atoms with Crippen molar-refractivity contribution >= 4 is 13.8 Å². The number of quaternary nitrogens is 1. The molecule has 0 fully saturated rings. The van der Waals surface area contributed by atoms with Crippen molar-refractivity contribution in [3.8, 4) is 0 Å². The lowest BCUT2D eigenvalue weighted by Crippen LogP contribution is -2.37. The molecule has 0 saturated carbocycles. The Morgan fingerprint density at radius 2 is 1.13 bits per heavy atom. The molecule has 0 rings (SSSR count). The van der Waals surface area contributed by atoms with Crippen molar-refractivity contribution in [1.29, 1.82) is 0 Å². The fourth-order valence-corrected chi connectivity index (χ4v) is 5.18. The lowest BCUT2D eigenvalue weighted by molar-refractivity contribution is -0.870. The first-order valence-electron chi connectivity index (χ1n) is 18.0. The first kappa shape index (κ1) is 45.2. The Hall–Kier alpha value is -1.80. The van der Waals surface area contributed by atoms with Gasteiger partial charge in [-0.3, -0.25) is 9.36 Å². The summed E-state index contributed by atoms with van der Waals surface area (Å²) in [7, 11) is 1.33. The van der Waals surface area contributed by atoms with Crippen LogP contribution in [0.5, 0.6) is 0 Å². The minimum Gasteiger partial charge on any atom is -0.756 e. The average molecular weight is 682 g/mol. The molecule has 0 aliphatic heterocycles. The van der Waals surface area contributed by atoms with Crippen LogP contribution in [0.2, 0.25) is 0 Å². The van der Waals surface area contributed by atoms with Crippen LogP contribution >= 0.6 is 7.82 Å². The molecular weight excluding hydrogens is 613 g/mol. The van der Waals surface area contributed by atoms with Crippen LogP contribution in [-0.4, -0.2) is 70.7 Å². The second kappa shape index (κ2) is 31.5. The van der Waals surface area contributed by atoms with Gasteiger partial charge in [-0.2, -0.15) is 0 Å². The van der Waals surface area contributed by atoms with Gasteiger partial charge in [0.05, 0.1) is 34.4 Å². The van der Waals surface area contributed by atoms with Gasteiger partial charge in [0.2, 0.25) is 0 Å². The molecule has 0 heterocycles. The smallest absolute Gasteiger partial charge is 0.303 e. The molecule has 0 aromatic heterocycles. The number of carbonyl (C=O) groups excluding carboxylic acids is 1. The van der Waals surface area contributed by atoms with E-state index in [-0.39, 0.29) is 19.8 Å². The molecule has 0 N–H and O–H groups in total. The van der Waals surface area contributed by atoms with Gasteiger partial charge in [0.1, 0.15) is 19.3 Å². The minimum absolute atomic E-state index is 0.0193. The summed E-state index contributed by atoms with van der Waals surface area (Å²) in [5, 5.41) is 0. The predicted octanol–water partition coefficient (Wildman–Crippen LogP) is 9.19. The normalized spacial score (nSPS) is 14.8. The van der Waals surface area contributed by atoms with Crippen LogP contribution in [0.4, 0.5) is 0 Å². The van der Waals surface area contributed by atoms with Crippen molar-refractivity contribution in [1.82, 2.24) is 0 Å². The highest BCUT2D eigenvalue weighted by atomic mass is 31.2. The number of hydrogen-bond donors (Lipinski definition) is 0. The van der Waals surface area contributed by atoms with E-state index in [1.165, 1.54) is 64.7 Å². The van der Waals surface area contributed by atoms with Gasteiger partial charge in [0.25, 0.3) is 7.82 Å². The van der Waals surface area contributed by atoms with E-state index in [1.807, 2.05) is 21.1 Å². The molecule has 0 radical (unpaired) electrons. The third-order valence-electron chi connectivity index (χ3n) is 7.13. The maximum absolute atomic E-state index is 12.0. The maximum atomic E-state index is 12.0. The minimum atomic E-state index is -4.48. The molecule has 272 valence electrons. The summed E-state index contributed by atoms with van der Waals surface area (Å²) < 4.78 is 33.2. The zero-order valence-electron chi connectivity index (χ0n) is 30.5. The molecule has 0 bridgehead atoms. The summed E-state index contributed by atoms with van der Waals surface area (Å²) >= 11 is 0. The van der Waals surface area contributed by atoms with Gasteiger partial charge in [0, 0.05) is 13.5 Å². The van der Waals surface area contributed by atoms with Crippen LogP contribution in [0.1, 0.15) is 117 Å². The molecule has 0 amide bonds. The highest BCUT2D eigenvalue weighted by molar-refractivity contribution is 7.45. The first-order valence-corrected chi connectivity index (χ1v) is 19.4. The van der Waals surface area contributed by atoms with Gasteiger partial charge in [0.15, 0.2) is 0 Å². The number of allylic oxidation sites excluding steroid dienone is 10. The molecule has 0 spiro atoms. The van der Waals surface area contributed by atoms with Crippen molar-refractivity contribution in [2.24, 2.45) is 0 Å². The standard InChI is InChI=1S/C38H68NO7P/c1-6-7-8-9-10-11-12-13-14-15-16-17-18-19-20-21-22-23-24-25-26-27-28-29-30-31-33-43-35-38(46-37(2)40)36-45-47(41,42)44-34-32-39(3,4)5/h7-8,10-11,13-14,16-17,19-20,38H,6,9,12,15,18,21-36H2,1-5H3/b8-7-,11-10-,14-13-,17-16-,20-19-. The summed E-state index contributed by atoms with van der Waals surface area (Å²) in [5.74, 6) is -0.515. The molecule has 0 aliphatic carbocycles. The van der Waals surface area contributed by atoms with Crippen LogP contribution in [0.15, 0.2) is 60.8 Å². The van der Waals surface area contributed by atoms with E-state index in [2.05, 4.69) is 67.7 Å². The summed E-state index contributed by atoms with van der Waals surface area (Å²) in [5.41, 5.74) is 0. The number of phosphoric acid groups is 1. The number of rotatable bonds is 32. The zero-order chi connectivity index (χ0) is 34.9. The van der Waals surface area contributed by atoms with Crippen molar-refractivity contribution in [3.63, 3.8) is 0 Å². The molecule has 2 unspecified atom stereocenters. The van der Waals surface area contributed by atoms with Crippen LogP contribution in [0.3, 0.4) is 0 Å². The Kier molecular flexibility index (Phi) is 30.3. The summed E-state index contributed by atoms with van der Waals surface area (Å²) in [6.45, 7) is 4.25. The Bertz CT molecular complexity index is 937. The third-order valence-corrected chi connectivity index (χ3v) is 8.10. The van der Waals surface area contributed by atoms with Gasteiger partial charge in [-0.1, -0.05) is 119 Å². The molecule has 9 heteroatoms. The summed E-state index contributed by atoms with van der Waals surface area (Å²) in [4.78, 5) is 23.4. The maximum Gasteiger partial charge on any atom is 0.303 e. The second-order valence-electron chi connectivity index (χ2n) is 12.9. The summed E-state index contributed by atoms with van der Waals surface area (Å²) in [6.07, 6.45) is 40.2. The molecule has 0 aliphatic rings. The number of esters is 1. The number of carbonyl (C=O) groups is 1. The van der Waals surface area contributed by atoms with Crippen LogP contribution < -0.4 is 4.89 Å². The van der Waals surface area contributed by atoms with E-state index in [9.17, 15) is 14.3 Å². The van der Waals surface area contributed by atoms with Crippen LogP contribution in [-0.2, 0) is 27.9 Å². The molecule has 2 atom stereocenters. The molecule has 47 heavy (non-hydrogen) atoms. The number of unbranched alkanes of at least 4 members (excludes halogenated alkanes) is 10. The number of hydrogen-bond acceptors (Lipinski definition) is 7. The lowest BCUT2D eigenvalue weighted by Gasteiger charge is -2.28. The molecule has 0 saturated heterocycles. The number of phosphoric ester groups is 1. The van der Waals surface area contributed by atoms with Gasteiger partial charge < -0.3 is 27.9 Å². The van der Waals surface area contributed by atoms with Crippen molar-refractivity contribution in [2.45, 2.75) is 123 Å². The summed E-state index contributed by atoms with van der Waals surface area (Å²) in [6, 6.07) is 0. The second-order valence-corrected chi connectivity index (χ2v) is 14.3. The monoisotopic (exact) mass is 681 g/mol. The quantitative estimate of drug-likeness (QED) is 0.0230. The van der Waals surface area contributed by atoms with E-state index >= 15 is 0 Å². The lowest BCUT2D eigenvalue weighted by atomic mass is 10.1. The third kappa shape index (κ3) is 36.9. The molecule has 0 aromatic rings. The first-order chi connectivity index (χ1) is 22.6. The molecule has 0 aromatic carbocycles. The predicted molar refractivity (Wildman–Crippen MR) is 194 cm³/mol. The van der Waals surface area contributed by atoms with Crippen molar-refractivity contribution in [2.75, 3.05) is 54.1 Å². The van der Waals surface area contributed by atoms with E-state index in [4.69, 9.17) is 18.5 Å². The highest BCUT2D eigenvalue weighted by Crippen LogP contribution is 2.38. The van der Waals surface area contributed by atoms with Crippen molar-refractivity contribution in [3.05, 3.63) is 60.8 Å². The molecule has 8 nitrogen and oxygen atoms in total. The van der Waals surface area contributed by atoms with Gasteiger partial charge in [-0.15, -0.1) is 0 Å². The van der Waals surface area contributed by atoms with Gasteiger partial charge >= 0.3 is 5.97 Å². The Labute approximate surface area is 288 Å². The van der Waals surface area contributed by atoms with Crippen molar-refractivity contribution < 1.29 is 37.3 Å². The Balaban J connectivity index is 3.66. The molecular formula is C38H68NO7P. The number of nitrogens with zero attached hydrogens (tertiary/aromatic N) is 1. The Morgan fingerprint density at radius 3 is 1.62 bits per heavy atom. The van der Waals surface area contributed by atoms with Crippen LogP contribution in [0, 0.1) is 0 Å². The van der Waals surface area contributed by atoms with E-state index in [1.54, 1.807) is 0 Å². The van der Waals surface area contributed by atoms with E-state index in [0.29, 0.717) is 17.6 Å². The fourth-order valence-electron chi connectivity index (χ4n) is 4.45. The largest absolute Gasteiger partial charge is 0.756 e. The van der Waals surface area contributed by atoms with E-state index < -0.39 is 19.9 Å². The Morgan fingerprint density at radius 1 is 0.660 bits per heavy atom. The SMILES string of the molecule is CC/C=C\C/C=C\C/C=C\C/C=C\C/C=C\CCCCCCCCCCCCOCC(COP(=O)([O-])OCC[N+](C)(C)C)OC(C)=O. The van der Waals surface area contributed by atoms with Gasteiger partial charge in [-0.25, -0.2) is 0 Å². The zero-order valence-corrected chi connectivity index (χ0v) is 31.3.